The molecular weight excluding hydrogens is 298 g/mol. The molecule has 0 saturated heterocycles. The fourth-order valence-electron chi connectivity index (χ4n) is 1.91. The van der Waals surface area contributed by atoms with Crippen LogP contribution in [0.2, 0.25) is 5.02 Å². The highest BCUT2D eigenvalue weighted by atomic mass is 35.5. The lowest BCUT2D eigenvalue weighted by Crippen LogP contribution is -2.30. The molecule has 21 heavy (non-hydrogen) atoms. The third-order valence-corrected chi connectivity index (χ3v) is 3.09. The highest BCUT2D eigenvalue weighted by Gasteiger charge is 2.16. The summed E-state index contributed by atoms with van der Waals surface area (Å²) in [5.74, 6) is -2.64. The van der Waals surface area contributed by atoms with E-state index in [2.05, 4.69) is 0 Å². The second-order valence-corrected chi connectivity index (χ2v) is 4.67. The summed E-state index contributed by atoms with van der Waals surface area (Å²) in [5.41, 5.74) is -0.468. The summed E-state index contributed by atoms with van der Waals surface area (Å²) in [6.45, 7) is -0.627. The highest BCUT2D eigenvalue weighted by Crippen LogP contribution is 2.21. The topological polar surface area (TPSA) is 96.6 Å². The van der Waals surface area contributed by atoms with Gasteiger partial charge in [0.05, 0.1) is 5.69 Å². The minimum Gasteiger partial charge on any atom is -0.480 e. The Morgan fingerprint density at radius 2 is 1.67 bits per heavy atom. The van der Waals surface area contributed by atoms with Crippen LogP contribution in [-0.4, -0.2) is 26.7 Å². The average Bonchev–Trinajstić information content (AvgIpc) is 2.41. The summed E-state index contributed by atoms with van der Waals surface area (Å²) in [6.07, 6.45) is 0. The Kier molecular flexibility index (Phi) is 4.09. The van der Waals surface area contributed by atoms with Crippen LogP contribution in [-0.2, 0) is 11.3 Å². The zero-order valence-electron chi connectivity index (χ0n) is 10.6. The van der Waals surface area contributed by atoms with E-state index in [1.54, 1.807) is 24.3 Å². The number of aromatic carboxylic acids is 1. The maximum atomic E-state index is 12.1. The highest BCUT2D eigenvalue weighted by molar-refractivity contribution is 6.30. The van der Waals surface area contributed by atoms with Crippen molar-refractivity contribution in [2.24, 2.45) is 0 Å². The first kappa shape index (κ1) is 14.8. The molecule has 0 aliphatic carbocycles. The Balaban J connectivity index is 2.68. The number of carbonyl (C=O) groups is 2. The lowest BCUT2D eigenvalue weighted by atomic mass is 10.1. The van der Waals surface area contributed by atoms with Gasteiger partial charge in [-0.05, 0) is 29.8 Å². The number of aliphatic carboxylic acids is 1. The molecule has 2 rings (SSSR count). The zero-order chi connectivity index (χ0) is 15.6. The van der Waals surface area contributed by atoms with E-state index < -0.39 is 29.6 Å². The molecule has 0 spiro atoms. The Labute approximate surface area is 123 Å². The molecule has 7 heteroatoms. The number of hydrogen-bond acceptors (Lipinski definition) is 3. The Hall–Kier alpha value is -2.60. The zero-order valence-corrected chi connectivity index (χ0v) is 11.4. The number of aromatic nitrogens is 1. The van der Waals surface area contributed by atoms with Crippen molar-refractivity contribution in [2.75, 3.05) is 0 Å². The molecule has 108 valence electrons. The van der Waals surface area contributed by atoms with Crippen molar-refractivity contribution in [2.45, 2.75) is 6.54 Å². The molecule has 0 atom stereocenters. The van der Waals surface area contributed by atoms with Gasteiger partial charge in [0.1, 0.15) is 12.1 Å². The predicted molar refractivity (Wildman–Crippen MR) is 75.7 cm³/mol. The molecule has 0 aliphatic heterocycles. The minimum atomic E-state index is -1.40. The van der Waals surface area contributed by atoms with Gasteiger partial charge in [0.15, 0.2) is 0 Å². The van der Waals surface area contributed by atoms with Crippen LogP contribution in [0.4, 0.5) is 0 Å². The van der Waals surface area contributed by atoms with Gasteiger partial charge in [-0.2, -0.15) is 0 Å². The van der Waals surface area contributed by atoms with Gasteiger partial charge in [-0.3, -0.25) is 14.2 Å². The van der Waals surface area contributed by atoms with Crippen molar-refractivity contribution in [3.8, 4) is 11.3 Å². The maximum Gasteiger partial charge on any atom is 0.341 e. The van der Waals surface area contributed by atoms with Gasteiger partial charge in [-0.15, -0.1) is 0 Å². The van der Waals surface area contributed by atoms with Crippen LogP contribution in [0.25, 0.3) is 11.3 Å². The van der Waals surface area contributed by atoms with Gasteiger partial charge in [-0.1, -0.05) is 23.7 Å². The number of hydrogen-bond donors (Lipinski definition) is 2. The molecule has 0 unspecified atom stereocenters. The molecule has 0 bridgehead atoms. The van der Waals surface area contributed by atoms with Crippen molar-refractivity contribution < 1.29 is 19.8 Å². The Morgan fingerprint density at radius 3 is 2.19 bits per heavy atom. The van der Waals surface area contributed by atoms with Gasteiger partial charge in [0.2, 0.25) is 0 Å². The van der Waals surface area contributed by atoms with Gasteiger partial charge >= 0.3 is 11.9 Å². The lowest BCUT2D eigenvalue weighted by molar-refractivity contribution is -0.137. The monoisotopic (exact) mass is 307 g/mol. The summed E-state index contributed by atoms with van der Waals surface area (Å²) in [6, 6.07) is 8.99. The molecule has 0 saturated carbocycles. The molecule has 2 N–H and O–H groups in total. The molecule has 0 fully saturated rings. The standard InChI is InChI=1S/C14H10ClNO5/c15-9-3-1-8(2-4-9)11-6-5-10(14(20)21)13(19)16(11)7-12(17)18/h1-6H,7H2,(H,17,18)(H,20,21). The fraction of sp³-hybridized carbons (Fsp3) is 0.0714. The number of rotatable bonds is 4. The van der Waals surface area contributed by atoms with Crippen LogP contribution in [0.3, 0.4) is 0 Å². The van der Waals surface area contributed by atoms with E-state index in [1.807, 2.05) is 0 Å². The predicted octanol–water partition coefficient (Wildman–Crippen LogP) is 1.95. The van der Waals surface area contributed by atoms with Crippen LogP contribution in [0, 0.1) is 0 Å². The van der Waals surface area contributed by atoms with Crippen molar-refractivity contribution in [3.63, 3.8) is 0 Å². The smallest absolute Gasteiger partial charge is 0.341 e. The average molecular weight is 308 g/mol. The first-order valence-corrected chi connectivity index (χ1v) is 6.23. The van der Waals surface area contributed by atoms with Crippen molar-refractivity contribution >= 4 is 23.5 Å². The SMILES string of the molecule is O=C(O)Cn1c(-c2ccc(Cl)cc2)ccc(C(=O)O)c1=O. The molecule has 1 heterocycles. The molecule has 1 aromatic carbocycles. The molecule has 6 nitrogen and oxygen atoms in total. The van der Waals surface area contributed by atoms with Crippen LogP contribution < -0.4 is 5.56 Å². The molecule has 0 radical (unpaired) electrons. The van der Waals surface area contributed by atoms with Crippen LogP contribution in [0.1, 0.15) is 10.4 Å². The Bertz CT molecular complexity index is 764. The minimum absolute atomic E-state index is 0.309. The van der Waals surface area contributed by atoms with Gasteiger partial charge in [-0.25, -0.2) is 4.79 Å². The molecule has 0 aliphatic rings. The molecular formula is C14H10ClNO5. The van der Waals surface area contributed by atoms with Crippen LogP contribution >= 0.6 is 11.6 Å². The van der Waals surface area contributed by atoms with Crippen molar-refractivity contribution in [1.82, 2.24) is 4.57 Å². The number of benzene rings is 1. The van der Waals surface area contributed by atoms with E-state index in [0.717, 1.165) is 10.6 Å². The molecule has 2 aromatic rings. The number of nitrogens with zero attached hydrogens (tertiary/aromatic N) is 1. The fourth-order valence-corrected chi connectivity index (χ4v) is 2.03. The van der Waals surface area contributed by atoms with Crippen LogP contribution in [0.15, 0.2) is 41.2 Å². The molecule has 0 amide bonds. The van der Waals surface area contributed by atoms with Gasteiger partial charge < -0.3 is 10.2 Å². The van der Waals surface area contributed by atoms with Gasteiger partial charge in [0.25, 0.3) is 5.56 Å². The summed E-state index contributed by atoms with van der Waals surface area (Å²) >= 11 is 5.78. The Morgan fingerprint density at radius 1 is 1.05 bits per heavy atom. The van der Waals surface area contributed by atoms with E-state index in [4.69, 9.17) is 21.8 Å². The summed E-state index contributed by atoms with van der Waals surface area (Å²) < 4.78 is 0.912. The number of carboxylic acids is 2. The number of pyridine rings is 1. The maximum absolute atomic E-state index is 12.1. The third-order valence-electron chi connectivity index (χ3n) is 2.84. The summed E-state index contributed by atoms with van der Waals surface area (Å²) in [5, 5.41) is 18.3. The van der Waals surface area contributed by atoms with E-state index in [0.29, 0.717) is 16.3 Å². The lowest BCUT2D eigenvalue weighted by Gasteiger charge is -2.12. The van der Waals surface area contributed by atoms with Gasteiger partial charge in [0, 0.05) is 5.02 Å². The summed E-state index contributed by atoms with van der Waals surface area (Å²) in [7, 11) is 0. The van der Waals surface area contributed by atoms with E-state index in [-0.39, 0.29) is 0 Å². The van der Waals surface area contributed by atoms with E-state index >= 15 is 0 Å². The largest absolute Gasteiger partial charge is 0.480 e. The normalized spacial score (nSPS) is 10.3. The second kappa shape index (κ2) is 5.80. The third kappa shape index (κ3) is 3.11. The first-order chi connectivity index (χ1) is 9.90. The van der Waals surface area contributed by atoms with Crippen LogP contribution in [0.5, 0.6) is 0 Å². The van der Waals surface area contributed by atoms with Crippen molar-refractivity contribution in [3.05, 3.63) is 57.3 Å². The number of carboxylic acid groups (broad SMARTS) is 2. The number of halogens is 1. The van der Waals surface area contributed by atoms with E-state index in [1.165, 1.54) is 6.07 Å². The first-order valence-electron chi connectivity index (χ1n) is 5.85. The van der Waals surface area contributed by atoms with E-state index in [9.17, 15) is 14.4 Å². The quantitative estimate of drug-likeness (QED) is 0.900. The second-order valence-electron chi connectivity index (χ2n) is 4.23. The summed E-state index contributed by atoms with van der Waals surface area (Å²) in [4.78, 5) is 34.0. The van der Waals surface area contributed by atoms with Crippen molar-refractivity contribution in [1.29, 1.82) is 0 Å². The molecule has 1 aromatic heterocycles.